The maximum absolute atomic E-state index is 12.3. The summed E-state index contributed by atoms with van der Waals surface area (Å²) in [5.41, 5.74) is -2.67. The molecule has 9 heteroatoms. The Hall–Kier alpha value is -1.61. The minimum Gasteiger partial charge on any atom is -0.374 e. The van der Waals surface area contributed by atoms with Gasteiger partial charge in [-0.1, -0.05) is 6.58 Å². The molecule has 108 valence electrons. The van der Waals surface area contributed by atoms with Crippen LogP contribution in [0.1, 0.15) is 12.5 Å². The van der Waals surface area contributed by atoms with Gasteiger partial charge in [0.15, 0.2) is 5.75 Å². The van der Waals surface area contributed by atoms with Gasteiger partial charge in [-0.05, 0) is 30.2 Å². The maximum atomic E-state index is 12.3. The van der Waals surface area contributed by atoms with Crippen LogP contribution in [0.15, 0.2) is 24.2 Å². The normalized spacial score (nSPS) is 12.6. The van der Waals surface area contributed by atoms with E-state index in [1.54, 1.807) is 6.92 Å². The van der Waals surface area contributed by atoms with Gasteiger partial charge in [-0.15, -0.1) is 11.3 Å². The number of thiazole rings is 1. The van der Waals surface area contributed by atoms with Crippen molar-refractivity contribution in [1.82, 2.24) is 4.98 Å². The van der Waals surface area contributed by atoms with Crippen LogP contribution in [-0.2, 0) is 10.1 Å². The number of alkyl halides is 3. The average molecular weight is 323 g/mol. The smallest absolute Gasteiger partial charge is 0.374 e. The van der Waals surface area contributed by atoms with Crippen molar-refractivity contribution in [3.63, 3.8) is 0 Å². The van der Waals surface area contributed by atoms with Gasteiger partial charge in [0, 0.05) is 0 Å². The van der Waals surface area contributed by atoms with E-state index in [2.05, 4.69) is 15.7 Å². The van der Waals surface area contributed by atoms with Crippen LogP contribution in [0.2, 0.25) is 0 Å². The van der Waals surface area contributed by atoms with E-state index in [1.807, 2.05) is 0 Å². The Balaban J connectivity index is 2.56. The Morgan fingerprint density at radius 3 is 2.60 bits per heavy atom. The van der Waals surface area contributed by atoms with Gasteiger partial charge in [0.1, 0.15) is 5.52 Å². The first kappa shape index (κ1) is 14.8. The van der Waals surface area contributed by atoms with Crippen molar-refractivity contribution in [3.8, 4) is 5.75 Å². The number of halogens is 3. The summed E-state index contributed by atoms with van der Waals surface area (Å²) in [6.45, 7) is 5.46. The van der Waals surface area contributed by atoms with Crippen LogP contribution in [0, 0.1) is 0 Å². The fraction of sp³-hybridized carbons (Fsp3) is 0.182. The monoisotopic (exact) mass is 323 g/mol. The molecule has 0 spiro atoms. The van der Waals surface area contributed by atoms with Gasteiger partial charge in [0.05, 0.1) is 10.2 Å². The summed E-state index contributed by atoms with van der Waals surface area (Å²) in [5, 5.41) is 0. The second-order valence-electron chi connectivity index (χ2n) is 3.90. The molecule has 1 aromatic carbocycles. The van der Waals surface area contributed by atoms with E-state index in [9.17, 15) is 21.6 Å². The molecule has 20 heavy (non-hydrogen) atoms. The molecule has 0 bridgehead atoms. The Bertz CT molecular complexity index is 778. The molecule has 1 heterocycles. The van der Waals surface area contributed by atoms with Crippen molar-refractivity contribution in [1.29, 1.82) is 0 Å². The molecule has 0 saturated heterocycles. The predicted octanol–water partition coefficient (Wildman–Crippen LogP) is 3.56. The summed E-state index contributed by atoms with van der Waals surface area (Å²) < 4.78 is 63.6. The fourth-order valence-corrected chi connectivity index (χ4v) is 2.86. The van der Waals surface area contributed by atoms with Gasteiger partial charge < -0.3 is 4.18 Å². The largest absolute Gasteiger partial charge is 0.534 e. The van der Waals surface area contributed by atoms with Crippen molar-refractivity contribution in [3.05, 3.63) is 29.8 Å². The number of nitrogens with zero attached hydrogens (tertiary/aromatic N) is 1. The number of benzene rings is 1. The van der Waals surface area contributed by atoms with Crippen molar-refractivity contribution >= 4 is 37.2 Å². The highest BCUT2D eigenvalue weighted by Gasteiger charge is 2.48. The zero-order valence-electron chi connectivity index (χ0n) is 10.1. The summed E-state index contributed by atoms with van der Waals surface area (Å²) in [4.78, 5) is 3.85. The van der Waals surface area contributed by atoms with Crippen LogP contribution in [-0.4, -0.2) is 18.9 Å². The number of hydrogen-bond acceptors (Lipinski definition) is 5. The first-order valence-electron chi connectivity index (χ1n) is 5.16. The highest BCUT2D eigenvalue weighted by atomic mass is 32.2. The molecule has 1 aromatic heterocycles. The molecular formula is C11H8F3NO3S2. The molecule has 2 rings (SSSR count). The quantitative estimate of drug-likeness (QED) is 0.640. The van der Waals surface area contributed by atoms with Gasteiger partial charge in [-0.2, -0.15) is 21.6 Å². The molecule has 0 unspecified atom stereocenters. The van der Waals surface area contributed by atoms with Crippen LogP contribution in [0.25, 0.3) is 15.8 Å². The number of allylic oxidation sites excluding steroid dienone is 1. The van der Waals surface area contributed by atoms with Gasteiger partial charge in [-0.3, -0.25) is 0 Å². The molecule has 4 nitrogen and oxygen atoms in total. The van der Waals surface area contributed by atoms with Crippen LogP contribution in [0.5, 0.6) is 5.75 Å². The van der Waals surface area contributed by atoms with E-state index in [4.69, 9.17) is 0 Å². The molecule has 0 aliphatic carbocycles. The molecule has 2 aromatic rings. The Morgan fingerprint density at radius 1 is 1.40 bits per heavy atom. The molecule has 0 fully saturated rings. The molecule has 0 amide bonds. The molecule has 0 N–H and O–H groups in total. The van der Waals surface area contributed by atoms with E-state index in [1.165, 1.54) is 11.6 Å². The average Bonchev–Trinajstić information content (AvgIpc) is 2.76. The maximum Gasteiger partial charge on any atom is 0.534 e. The molecule has 0 aliphatic heterocycles. The minimum absolute atomic E-state index is 0.0586. The minimum atomic E-state index is -5.71. The van der Waals surface area contributed by atoms with Crippen LogP contribution in [0.3, 0.4) is 0 Å². The lowest BCUT2D eigenvalue weighted by molar-refractivity contribution is -0.0499. The molecule has 0 radical (unpaired) electrons. The third kappa shape index (κ3) is 2.50. The number of rotatable bonds is 3. The highest BCUT2D eigenvalue weighted by molar-refractivity contribution is 7.88. The third-order valence-corrected chi connectivity index (χ3v) is 4.22. The molecule has 0 atom stereocenters. The van der Waals surface area contributed by atoms with Crippen LogP contribution in [0.4, 0.5) is 13.2 Å². The lowest BCUT2D eigenvalue weighted by Gasteiger charge is -2.10. The first-order chi connectivity index (χ1) is 9.13. The summed E-state index contributed by atoms with van der Waals surface area (Å²) >= 11 is 1.16. The lowest BCUT2D eigenvalue weighted by Crippen LogP contribution is -2.28. The van der Waals surface area contributed by atoms with Gasteiger partial charge in [0.25, 0.3) is 0 Å². The van der Waals surface area contributed by atoms with E-state index < -0.39 is 21.4 Å². The second-order valence-corrected chi connectivity index (χ2v) is 6.30. The molecule has 0 saturated carbocycles. The van der Waals surface area contributed by atoms with Gasteiger partial charge >= 0.3 is 15.6 Å². The van der Waals surface area contributed by atoms with Gasteiger partial charge in [0.2, 0.25) is 0 Å². The Kier molecular flexibility index (Phi) is 3.51. The summed E-state index contributed by atoms with van der Waals surface area (Å²) in [6.07, 6.45) is 0. The summed E-state index contributed by atoms with van der Waals surface area (Å²) in [5.74, 6) is -0.455. The van der Waals surface area contributed by atoms with Crippen molar-refractivity contribution in [2.24, 2.45) is 0 Å². The van der Waals surface area contributed by atoms with Crippen molar-refractivity contribution in [2.45, 2.75) is 12.4 Å². The standard InChI is InChI=1S/C11H8F3NO3S2/c1-6(2)7-3-4-8(9-10(7)19-5-15-9)18-20(16,17)11(12,13)14/h3-5H,1H2,2H3. The summed E-state index contributed by atoms with van der Waals surface area (Å²) in [6, 6.07) is 2.58. The van der Waals surface area contributed by atoms with E-state index in [-0.39, 0.29) is 5.52 Å². The lowest BCUT2D eigenvalue weighted by atomic mass is 10.1. The van der Waals surface area contributed by atoms with Crippen LogP contribution >= 0.6 is 11.3 Å². The SMILES string of the molecule is C=C(C)c1ccc(OS(=O)(=O)C(F)(F)F)c2ncsc12. The van der Waals surface area contributed by atoms with Gasteiger partial charge in [-0.25, -0.2) is 4.98 Å². The zero-order valence-corrected chi connectivity index (χ0v) is 11.7. The fourth-order valence-electron chi connectivity index (χ4n) is 1.50. The number of aromatic nitrogens is 1. The highest BCUT2D eigenvalue weighted by Crippen LogP contribution is 2.36. The van der Waals surface area contributed by atoms with Crippen molar-refractivity contribution < 1.29 is 25.8 Å². The number of hydrogen-bond donors (Lipinski definition) is 0. The van der Waals surface area contributed by atoms with E-state index in [0.717, 1.165) is 17.4 Å². The van der Waals surface area contributed by atoms with Crippen LogP contribution < -0.4 is 4.18 Å². The zero-order chi connectivity index (χ0) is 15.1. The predicted molar refractivity (Wildman–Crippen MR) is 69.9 cm³/mol. The van der Waals surface area contributed by atoms with E-state index >= 15 is 0 Å². The second kappa shape index (κ2) is 4.74. The first-order valence-corrected chi connectivity index (χ1v) is 7.45. The summed E-state index contributed by atoms with van der Waals surface area (Å²) in [7, 11) is -5.71. The number of fused-ring (bicyclic) bond motifs is 1. The Morgan fingerprint density at radius 2 is 2.05 bits per heavy atom. The molecular weight excluding hydrogens is 315 g/mol. The Labute approximate surface area is 116 Å². The molecule has 0 aliphatic rings. The third-order valence-electron chi connectivity index (χ3n) is 2.39. The topological polar surface area (TPSA) is 56.3 Å². The van der Waals surface area contributed by atoms with Crippen molar-refractivity contribution in [2.75, 3.05) is 0 Å². The van der Waals surface area contributed by atoms with E-state index in [0.29, 0.717) is 15.8 Å².